The Kier molecular flexibility index (Phi) is 8.40. The predicted molar refractivity (Wildman–Crippen MR) is 68.7 cm³/mol. The quantitative estimate of drug-likeness (QED) is 0.647. The monoisotopic (exact) mass is 243 g/mol. The first-order chi connectivity index (χ1) is 8.01. The zero-order valence-electron chi connectivity index (χ0n) is 11.4. The average Bonchev–Trinajstić information content (AvgIpc) is 2.32. The molecule has 0 aliphatic rings. The molecule has 0 aromatic rings. The standard InChI is InChI=1S/C12H25N3O2/c1-5-7-13-11(16)9-15(4)12(17)8-14-10(3)6-2/h10,14H,5-9H2,1-4H3,(H,13,16). The van der Waals surface area contributed by atoms with Crippen LogP contribution in [0.2, 0.25) is 0 Å². The topological polar surface area (TPSA) is 61.4 Å². The average molecular weight is 243 g/mol. The Morgan fingerprint density at radius 3 is 2.47 bits per heavy atom. The van der Waals surface area contributed by atoms with Gasteiger partial charge >= 0.3 is 0 Å². The van der Waals surface area contributed by atoms with Crippen molar-refractivity contribution < 1.29 is 9.59 Å². The van der Waals surface area contributed by atoms with Gasteiger partial charge in [0.25, 0.3) is 0 Å². The van der Waals surface area contributed by atoms with E-state index in [1.54, 1.807) is 7.05 Å². The molecule has 2 N–H and O–H groups in total. The molecule has 0 fully saturated rings. The number of hydrogen-bond donors (Lipinski definition) is 2. The highest BCUT2D eigenvalue weighted by atomic mass is 16.2. The molecular formula is C12H25N3O2. The summed E-state index contributed by atoms with van der Waals surface area (Å²) >= 11 is 0. The molecule has 0 aliphatic carbocycles. The summed E-state index contributed by atoms with van der Waals surface area (Å²) in [7, 11) is 1.64. The van der Waals surface area contributed by atoms with Gasteiger partial charge in [0, 0.05) is 19.6 Å². The second-order valence-corrected chi connectivity index (χ2v) is 4.29. The number of likely N-dealkylation sites (N-methyl/N-ethyl adjacent to an activating group) is 1. The van der Waals surface area contributed by atoms with E-state index in [9.17, 15) is 9.59 Å². The van der Waals surface area contributed by atoms with Crippen molar-refractivity contribution in [1.29, 1.82) is 0 Å². The van der Waals surface area contributed by atoms with Crippen LogP contribution in [-0.2, 0) is 9.59 Å². The molecule has 0 saturated heterocycles. The molecule has 5 nitrogen and oxygen atoms in total. The van der Waals surface area contributed by atoms with Gasteiger partial charge in [0.1, 0.15) is 0 Å². The fourth-order valence-corrected chi connectivity index (χ4v) is 1.16. The zero-order chi connectivity index (χ0) is 13.3. The Hall–Kier alpha value is -1.10. The Morgan fingerprint density at radius 1 is 1.29 bits per heavy atom. The van der Waals surface area contributed by atoms with Gasteiger partial charge in [-0.3, -0.25) is 9.59 Å². The third-order valence-corrected chi connectivity index (χ3v) is 2.59. The maximum atomic E-state index is 11.7. The summed E-state index contributed by atoms with van der Waals surface area (Å²) in [4.78, 5) is 24.5. The third-order valence-electron chi connectivity index (χ3n) is 2.59. The Bertz CT molecular complexity index is 244. The molecule has 0 heterocycles. The predicted octanol–water partition coefficient (Wildman–Crippen LogP) is 0.359. The summed E-state index contributed by atoms with van der Waals surface area (Å²) in [5, 5.41) is 5.85. The first kappa shape index (κ1) is 15.9. The van der Waals surface area contributed by atoms with Gasteiger partial charge in [-0.05, 0) is 19.8 Å². The van der Waals surface area contributed by atoms with Crippen molar-refractivity contribution in [1.82, 2.24) is 15.5 Å². The van der Waals surface area contributed by atoms with Gasteiger partial charge in [-0.1, -0.05) is 13.8 Å². The third kappa shape index (κ3) is 7.74. The van der Waals surface area contributed by atoms with Gasteiger partial charge in [-0.15, -0.1) is 0 Å². The van der Waals surface area contributed by atoms with Crippen LogP contribution in [0, 0.1) is 0 Å². The van der Waals surface area contributed by atoms with E-state index in [0.717, 1.165) is 12.8 Å². The van der Waals surface area contributed by atoms with Crippen LogP contribution >= 0.6 is 0 Å². The molecule has 0 rings (SSSR count). The molecule has 5 heteroatoms. The lowest BCUT2D eigenvalue weighted by atomic mass is 10.2. The fraction of sp³-hybridized carbons (Fsp3) is 0.833. The first-order valence-electron chi connectivity index (χ1n) is 6.25. The summed E-state index contributed by atoms with van der Waals surface area (Å²) < 4.78 is 0. The van der Waals surface area contributed by atoms with E-state index in [1.165, 1.54) is 4.90 Å². The van der Waals surface area contributed by atoms with E-state index in [1.807, 2.05) is 13.8 Å². The molecule has 0 spiro atoms. The van der Waals surface area contributed by atoms with Crippen molar-refractivity contribution >= 4 is 11.8 Å². The molecule has 0 aromatic carbocycles. The summed E-state index contributed by atoms with van der Waals surface area (Å²) in [6.07, 6.45) is 1.88. The smallest absolute Gasteiger partial charge is 0.239 e. The van der Waals surface area contributed by atoms with Crippen molar-refractivity contribution in [3.8, 4) is 0 Å². The van der Waals surface area contributed by atoms with Crippen molar-refractivity contribution in [2.75, 3.05) is 26.7 Å². The molecule has 0 aromatic heterocycles. The molecule has 100 valence electrons. The van der Waals surface area contributed by atoms with Crippen LogP contribution in [0.4, 0.5) is 0 Å². The lowest BCUT2D eigenvalue weighted by molar-refractivity contribution is -0.134. The molecular weight excluding hydrogens is 218 g/mol. The summed E-state index contributed by atoms with van der Waals surface area (Å²) in [5.74, 6) is -0.164. The van der Waals surface area contributed by atoms with Gasteiger partial charge in [-0.2, -0.15) is 0 Å². The second kappa shape index (κ2) is 8.98. The van der Waals surface area contributed by atoms with Crippen LogP contribution in [-0.4, -0.2) is 49.4 Å². The van der Waals surface area contributed by atoms with Crippen molar-refractivity contribution in [2.24, 2.45) is 0 Å². The number of carbonyl (C=O) groups excluding carboxylic acids is 2. The van der Waals surface area contributed by atoms with Crippen LogP contribution in [0.15, 0.2) is 0 Å². The number of amides is 2. The van der Waals surface area contributed by atoms with E-state index >= 15 is 0 Å². The van der Waals surface area contributed by atoms with Gasteiger partial charge in [-0.25, -0.2) is 0 Å². The van der Waals surface area contributed by atoms with Crippen LogP contribution in [0.25, 0.3) is 0 Å². The molecule has 0 radical (unpaired) electrons. The minimum Gasteiger partial charge on any atom is -0.355 e. The van der Waals surface area contributed by atoms with Crippen molar-refractivity contribution in [3.63, 3.8) is 0 Å². The minimum absolute atomic E-state index is 0.0584. The Balaban J connectivity index is 3.84. The minimum atomic E-state index is -0.105. The van der Waals surface area contributed by atoms with E-state index in [-0.39, 0.29) is 24.9 Å². The van der Waals surface area contributed by atoms with E-state index < -0.39 is 0 Å². The van der Waals surface area contributed by atoms with Crippen LogP contribution in [0.3, 0.4) is 0 Å². The van der Waals surface area contributed by atoms with E-state index in [4.69, 9.17) is 0 Å². The number of hydrogen-bond acceptors (Lipinski definition) is 3. The number of rotatable bonds is 8. The van der Waals surface area contributed by atoms with E-state index in [0.29, 0.717) is 12.6 Å². The van der Waals surface area contributed by atoms with Crippen LogP contribution in [0.5, 0.6) is 0 Å². The second-order valence-electron chi connectivity index (χ2n) is 4.29. The fourth-order valence-electron chi connectivity index (χ4n) is 1.16. The normalized spacial score (nSPS) is 12.0. The lowest BCUT2D eigenvalue weighted by Gasteiger charge is -2.18. The van der Waals surface area contributed by atoms with Crippen molar-refractivity contribution in [2.45, 2.75) is 39.7 Å². The summed E-state index contributed by atoms with van der Waals surface area (Å²) in [6, 6.07) is 0.321. The maximum absolute atomic E-state index is 11.7. The lowest BCUT2D eigenvalue weighted by Crippen LogP contribution is -2.43. The largest absolute Gasteiger partial charge is 0.355 e. The SMILES string of the molecule is CCCNC(=O)CN(C)C(=O)CNC(C)CC. The highest BCUT2D eigenvalue weighted by molar-refractivity contribution is 5.85. The Labute approximate surface area is 104 Å². The zero-order valence-corrected chi connectivity index (χ0v) is 11.4. The van der Waals surface area contributed by atoms with Gasteiger partial charge in [0.15, 0.2) is 0 Å². The molecule has 0 saturated carbocycles. The molecule has 17 heavy (non-hydrogen) atoms. The Morgan fingerprint density at radius 2 is 1.94 bits per heavy atom. The van der Waals surface area contributed by atoms with Gasteiger partial charge in [0.05, 0.1) is 13.1 Å². The number of nitrogens with one attached hydrogen (secondary N) is 2. The molecule has 1 unspecified atom stereocenters. The highest BCUT2D eigenvalue weighted by Gasteiger charge is 2.12. The van der Waals surface area contributed by atoms with Crippen LogP contribution < -0.4 is 10.6 Å². The summed E-state index contributed by atoms with van der Waals surface area (Å²) in [5.41, 5.74) is 0. The molecule has 1 atom stereocenters. The van der Waals surface area contributed by atoms with Gasteiger partial charge < -0.3 is 15.5 Å². The summed E-state index contributed by atoms with van der Waals surface area (Å²) in [6.45, 7) is 7.15. The molecule has 0 bridgehead atoms. The number of nitrogens with zero attached hydrogens (tertiary/aromatic N) is 1. The van der Waals surface area contributed by atoms with E-state index in [2.05, 4.69) is 17.6 Å². The van der Waals surface area contributed by atoms with Crippen LogP contribution in [0.1, 0.15) is 33.6 Å². The molecule has 2 amide bonds. The highest BCUT2D eigenvalue weighted by Crippen LogP contribution is 1.89. The maximum Gasteiger partial charge on any atom is 0.239 e. The van der Waals surface area contributed by atoms with Crippen molar-refractivity contribution in [3.05, 3.63) is 0 Å². The first-order valence-corrected chi connectivity index (χ1v) is 6.25. The number of carbonyl (C=O) groups is 2. The molecule has 0 aliphatic heterocycles. The van der Waals surface area contributed by atoms with Gasteiger partial charge in [0.2, 0.25) is 11.8 Å².